The highest BCUT2D eigenvalue weighted by Gasteiger charge is 2.28. The highest BCUT2D eigenvalue weighted by molar-refractivity contribution is 6.08. The van der Waals surface area contributed by atoms with Crippen molar-refractivity contribution in [3.05, 3.63) is 75.8 Å². The van der Waals surface area contributed by atoms with Crippen LogP contribution in [0.25, 0.3) is 17.0 Å². The Balaban J connectivity index is 1.49. The molecule has 3 aromatic rings. The van der Waals surface area contributed by atoms with Crippen LogP contribution in [0.1, 0.15) is 41.7 Å². The van der Waals surface area contributed by atoms with Gasteiger partial charge in [0.25, 0.3) is 0 Å². The molecule has 8 heteroatoms. The van der Waals surface area contributed by atoms with E-state index in [1.807, 2.05) is 21.6 Å². The summed E-state index contributed by atoms with van der Waals surface area (Å²) in [5.74, 6) is -0.203. The number of carbonyl (C=O) groups is 2. The number of ether oxygens (including phenoxy) is 1. The van der Waals surface area contributed by atoms with Gasteiger partial charge in [-0.15, -0.1) is 0 Å². The molecule has 0 atom stereocenters. The molecule has 1 amide bonds. The Morgan fingerprint density at radius 2 is 1.75 bits per heavy atom. The topological polar surface area (TPSA) is 71.8 Å². The zero-order valence-electron chi connectivity index (χ0n) is 20.4. The van der Waals surface area contributed by atoms with Gasteiger partial charge in [0, 0.05) is 50.7 Å². The number of pyridine rings is 1. The number of carbonyl (C=O) groups excluding carboxylic acids is 2. The van der Waals surface area contributed by atoms with Crippen LogP contribution in [0.15, 0.2) is 53.5 Å². The van der Waals surface area contributed by atoms with Crippen LogP contribution in [-0.4, -0.2) is 54.4 Å². The van der Waals surface area contributed by atoms with E-state index in [0.29, 0.717) is 43.1 Å². The molecule has 36 heavy (non-hydrogen) atoms. The molecule has 2 aromatic carbocycles. The normalized spacial score (nSPS) is 16.1. The first-order chi connectivity index (χ1) is 17.4. The fraction of sp³-hybridized carbons (Fsp3) is 0.321. The van der Waals surface area contributed by atoms with E-state index in [2.05, 4.69) is 0 Å². The molecule has 2 aliphatic rings. The minimum Gasteiger partial charge on any atom is -0.497 e. The molecule has 0 radical (unpaired) electrons. The molecule has 1 aliphatic heterocycles. The number of methoxy groups -OCH3 is 1. The van der Waals surface area contributed by atoms with Gasteiger partial charge in [0.15, 0.2) is 5.78 Å². The van der Waals surface area contributed by atoms with Gasteiger partial charge in [-0.3, -0.25) is 14.4 Å². The molecule has 2 heterocycles. The lowest BCUT2D eigenvalue weighted by Crippen LogP contribution is -2.48. The lowest BCUT2D eigenvalue weighted by molar-refractivity contribution is -0.129. The Hall–Kier alpha value is -3.94. The number of anilines is 1. The van der Waals surface area contributed by atoms with Crippen LogP contribution in [0.3, 0.4) is 0 Å². The van der Waals surface area contributed by atoms with Gasteiger partial charge in [-0.2, -0.15) is 0 Å². The van der Waals surface area contributed by atoms with Crippen LogP contribution in [-0.2, 0) is 4.79 Å². The Bertz CT molecular complexity index is 1420. The number of rotatable bonds is 6. The third-order valence-corrected chi connectivity index (χ3v) is 6.92. The van der Waals surface area contributed by atoms with Gasteiger partial charge in [-0.05, 0) is 48.7 Å². The summed E-state index contributed by atoms with van der Waals surface area (Å²) in [6.45, 7) is 3.61. The van der Waals surface area contributed by atoms with E-state index in [1.54, 1.807) is 42.5 Å². The molecule has 1 aliphatic carbocycles. The quantitative estimate of drug-likeness (QED) is 0.386. The lowest BCUT2D eigenvalue weighted by atomic mass is 10.1. The second-order valence-electron chi connectivity index (χ2n) is 9.29. The molecular weight excluding hydrogens is 461 g/mol. The van der Waals surface area contributed by atoms with Crippen molar-refractivity contribution in [3.8, 4) is 5.75 Å². The number of amides is 1. The molecule has 1 aromatic heterocycles. The monoisotopic (exact) mass is 489 g/mol. The number of piperazine rings is 1. The average Bonchev–Trinajstić information content (AvgIpc) is 3.73. The largest absolute Gasteiger partial charge is 0.497 e. The fourth-order valence-electron chi connectivity index (χ4n) is 4.67. The van der Waals surface area contributed by atoms with E-state index >= 15 is 4.39 Å². The molecule has 186 valence electrons. The van der Waals surface area contributed by atoms with Gasteiger partial charge in [0.2, 0.25) is 11.3 Å². The summed E-state index contributed by atoms with van der Waals surface area (Å²) in [5, 5.41) is 0.203. The number of aromatic nitrogens is 1. The zero-order valence-corrected chi connectivity index (χ0v) is 20.4. The molecule has 2 fully saturated rings. The van der Waals surface area contributed by atoms with Crippen LogP contribution >= 0.6 is 0 Å². The molecule has 1 saturated carbocycles. The van der Waals surface area contributed by atoms with Crippen molar-refractivity contribution in [1.82, 2.24) is 9.47 Å². The second kappa shape index (κ2) is 9.60. The van der Waals surface area contributed by atoms with Gasteiger partial charge >= 0.3 is 0 Å². The highest BCUT2D eigenvalue weighted by Crippen LogP contribution is 2.38. The van der Waals surface area contributed by atoms with Crippen LogP contribution < -0.4 is 15.1 Å². The van der Waals surface area contributed by atoms with Gasteiger partial charge < -0.3 is 19.1 Å². The SMILES string of the molecule is COc1ccc(C=CC(=O)c2cn(C3CC3)c3cc(N4CCN(C(C)=O)CC4)c(F)cc3c2=O)cc1. The predicted octanol–water partition coefficient (Wildman–Crippen LogP) is 4.05. The van der Waals surface area contributed by atoms with E-state index < -0.39 is 17.0 Å². The van der Waals surface area contributed by atoms with Crippen molar-refractivity contribution < 1.29 is 18.7 Å². The molecule has 0 spiro atoms. The number of nitrogens with zero attached hydrogens (tertiary/aromatic N) is 3. The summed E-state index contributed by atoms with van der Waals surface area (Å²) in [6, 6.07) is 10.4. The number of fused-ring (bicyclic) bond motifs is 1. The smallest absolute Gasteiger partial charge is 0.219 e. The number of halogens is 1. The van der Waals surface area contributed by atoms with Crippen molar-refractivity contribution in [1.29, 1.82) is 0 Å². The Labute approximate surface area is 208 Å². The maximum absolute atomic E-state index is 15.3. The Kier molecular flexibility index (Phi) is 6.35. The lowest BCUT2D eigenvalue weighted by Gasteiger charge is -2.36. The van der Waals surface area contributed by atoms with Gasteiger partial charge in [0.1, 0.15) is 11.6 Å². The summed E-state index contributed by atoms with van der Waals surface area (Å²) in [5.41, 5.74) is 1.40. The first-order valence-electron chi connectivity index (χ1n) is 12.1. The molecule has 7 nitrogen and oxygen atoms in total. The highest BCUT2D eigenvalue weighted by atomic mass is 19.1. The molecule has 0 bridgehead atoms. The second-order valence-corrected chi connectivity index (χ2v) is 9.29. The molecular formula is C28H28FN3O4. The molecule has 5 rings (SSSR count). The zero-order chi connectivity index (χ0) is 25.4. The molecule has 0 unspecified atom stereocenters. The summed E-state index contributed by atoms with van der Waals surface area (Å²) in [4.78, 5) is 41.6. The van der Waals surface area contributed by atoms with Gasteiger partial charge in [-0.25, -0.2) is 4.39 Å². The Morgan fingerprint density at radius 3 is 2.36 bits per heavy atom. The summed E-state index contributed by atoms with van der Waals surface area (Å²) in [7, 11) is 1.58. The summed E-state index contributed by atoms with van der Waals surface area (Å²) < 4.78 is 22.4. The standard InChI is InChI=1S/C28H28FN3O4/c1-18(33)30-11-13-31(14-12-30)26-16-25-22(15-24(26)29)28(35)23(17-32(25)20-6-7-20)27(34)10-5-19-3-8-21(36-2)9-4-19/h3-5,8-10,15-17,20H,6-7,11-14H2,1-2H3. The minimum absolute atomic E-state index is 0.00874. The summed E-state index contributed by atoms with van der Waals surface area (Å²) in [6.07, 6.45) is 6.53. The Morgan fingerprint density at radius 1 is 1.06 bits per heavy atom. The van der Waals surface area contributed by atoms with Gasteiger partial charge in [0.05, 0.1) is 23.9 Å². The van der Waals surface area contributed by atoms with Crippen molar-refractivity contribution in [3.63, 3.8) is 0 Å². The number of benzene rings is 2. The maximum atomic E-state index is 15.3. The first-order valence-corrected chi connectivity index (χ1v) is 12.1. The first kappa shape index (κ1) is 23.8. The maximum Gasteiger partial charge on any atom is 0.219 e. The third-order valence-electron chi connectivity index (χ3n) is 6.92. The van der Waals surface area contributed by atoms with Crippen molar-refractivity contribution in [2.75, 3.05) is 38.2 Å². The predicted molar refractivity (Wildman–Crippen MR) is 137 cm³/mol. The van der Waals surface area contributed by atoms with Crippen molar-refractivity contribution in [2.24, 2.45) is 0 Å². The van der Waals surface area contributed by atoms with Gasteiger partial charge in [-0.1, -0.05) is 18.2 Å². The van der Waals surface area contributed by atoms with E-state index in [9.17, 15) is 14.4 Å². The van der Waals surface area contributed by atoms with Crippen LogP contribution in [0.4, 0.5) is 10.1 Å². The van der Waals surface area contributed by atoms with E-state index in [1.165, 1.54) is 19.1 Å². The van der Waals surface area contributed by atoms with Crippen molar-refractivity contribution >= 4 is 34.4 Å². The number of hydrogen-bond donors (Lipinski definition) is 0. The minimum atomic E-state index is -0.503. The van der Waals surface area contributed by atoms with E-state index in [4.69, 9.17) is 4.74 Å². The molecule has 1 saturated heterocycles. The third kappa shape index (κ3) is 4.63. The van der Waals surface area contributed by atoms with E-state index in [-0.39, 0.29) is 22.9 Å². The number of ketones is 1. The molecule has 0 N–H and O–H groups in total. The fourth-order valence-corrected chi connectivity index (χ4v) is 4.67. The van der Waals surface area contributed by atoms with E-state index in [0.717, 1.165) is 18.4 Å². The van der Waals surface area contributed by atoms with Crippen LogP contribution in [0.2, 0.25) is 0 Å². The number of allylic oxidation sites excluding steroid dienone is 1. The summed E-state index contributed by atoms with van der Waals surface area (Å²) >= 11 is 0. The average molecular weight is 490 g/mol. The van der Waals surface area contributed by atoms with Crippen molar-refractivity contribution in [2.45, 2.75) is 25.8 Å². The van der Waals surface area contributed by atoms with Crippen LogP contribution in [0, 0.1) is 5.82 Å². The van der Waals surface area contributed by atoms with Crippen LogP contribution in [0.5, 0.6) is 5.75 Å². The number of hydrogen-bond acceptors (Lipinski definition) is 5.